The highest BCUT2D eigenvalue weighted by atomic mass is 32.2. The summed E-state index contributed by atoms with van der Waals surface area (Å²) in [4.78, 5) is 18.1. The zero-order valence-corrected chi connectivity index (χ0v) is 7.98. The lowest BCUT2D eigenvalue weighted by Crippen LogP contribution is -2.04. The molecule has 0 bridgehead atoms. The van der Waals surface area contributed by atoms with Crippen LogP contribution in [0.4, 0.5) is 10.2 Å². The molecular weight excluding hydrogens is 193 g/mol. The molecule has 13 heavy (non-hydrogen) atoms. The molecule has 0 saturated heterocycles. The van der Waals surface area contributed by atoms with Gasteiger partial charge in [0.15, 0.2) is 5.16 Å². The first-order chi connectivity index (χ1) is 6.19. The van der Waals surface area contributed by atoms with Gasteiger partial charge < -0.3 is 5.32 Å². The molecule has 0 spiro atoms. The molecule has 0 fully saturated rings. The maximum atomic E-state index is 12.4. The summed E-state index contributed by atoms with van der Waals surface area (Å²) in [6.45, 7) is 0. The topological polar surface area (TPSA) is 54.9 Å². The lowest BCUT2D eigenvalue weighted by atomic mass is 10.3. The van der Waals surface area contributed by atoms with Gasteiger partial charge in [0.2, 0.25) is 0 Å². The lowest BCUT2D eigenvalue weighted by molar-refractivity contribution is 0.0836. The van der Waals surface area contributed by atoms with Gasteiger partial charge in [0.1, 0.15) is 11.4 Å². The molecule has 1 heterocycles. The van der Waals surface area contributed by atoms with Crippen molar-refractivity contribution in [1.29, 1.82) is 0 Å². The first kappa shape index (κ1) is 9.91. The van der Waals surface area contributed by atoms with Gasteiger partial charge in [0, 0.05) is 13.2 Å². The molecule has 1 aromatic heterocycles. The van der Waals surface area contributed by atoms with E-state index in [0.717, 1.165) is 0 Å². The normalized spacial score (nSPS) is 9.77. The van der Waals surface area contributed by atoms with Crippen molar-refractivity contribution < 1.29 is 9.18 Å². The fraction of sp³-hybridized carbons (Fsp3) is 0.286. The Morgan fingerprint density at radius 2 is 2.38 bits per heavy atom. The molecule has 0 aliphatic carbocycles. The molecule has 0 aromatic carbocycles. The Bertz CT molecular complexity index is 332. The number of nitrogens with one attached hydrogen (secondary N) is 1. The summed E-state index contributed by atoms with van der Waals surface area (Å²) in [5.74, 6) is 0.215. The third-order valence-electron chi connectivity index (χ3n) is 1.40. The van der Waals surface area contributed by atoms with E-state index < -0.39 is 6.04 Å². The molecule has 4 nitrogen and oxygen atoms in total. The summed E-state index contributed by atoms with van der Waals surface area (Å²) >= 11 is 1.32. The minimum absolute atomic E-state index is 0.139. The molecule has 6 heteroatoms. The SMILES string of the molecule is CNc1nc(SC)ncc1C(=O)F. The number of carbonyl (C=O) groups is 1. The number of hydrogen-bond donors (Lipinski definition) is 1. The fourth-order valence-corrected chi connectivity index (χ4v) is 1.14. The van der Waals surface area contributed by atoms with Gasteiger partial charge in [-0.2, -0.15) is 4.39 Å². The average Bonchev–Trinajstić information content (AvgIpc) is 2.16. The molecule has 0 aliphatic heterocycles. The van der Waals surface area contributed by atoms with Crippen LogP contribution < -0.4 is 5.32 Å². The molecular formula is C7H8FN3OS. The van der Waals surface area contributed by atoms with E-state index in [1.807, 2.05) is 0 Å². The fourth-order valence-electron chi connectivity index (χ4n) is 0.798. The van der Waals surface area contributed by atoms with E-state index in [4.69, 9.17) is 0 Å². The molecule has 1 rings (SSSR count). The lowest BCUT2D eigenvalue weighted by Gasteiger charge is -2.03. The van der Waals surface area contributed by atoms with Crippen LogP contribution in [0.5, 0.6) is 0 Å². The van der Waals surface area contributed by atoms with E-state index in [2.05, 4.69) is 15.3 Å². The minimum Gasteiger partial charge on any atom is -0.372 e. The Labute approximate surface area is 79.0 Å². The molecule has 0 aliphatic rings. The predicted molar refractivity (Wildman–Crippen MR) is 48.8 cm³/mol. The van der Waals surface area contributed by atoms with Crippen molar-refractivity contribution in [3.8, 4) is 0 Å². The summed E-state index contributed by atoms with van der Waals surface area (Å²) in [6.07, 6.45) is 2.97. The van der Waals surface area contributed by atoms with Gasteiger partial charge in [0.25, 0.3) is 0 Å². The second-order valence-electron chi connectivity index (χ2n) is 2.14. The molecule has 70 valence electrons. The van der Waals surface area contributed by atoms with Gasteiger partial charge in [-0.3, -0.25) is 4.79 Å². The second-order valence-corrected chi connectivity index (χ2v) is 2.92. The van der Waals surface area contributed by atoms with Crippen molar-refractivity contribution in [2.75, 3.05) is 18.6 Å². The largest absolute Gasteiger partial charge is 0.372 e. The van der Waals surface area contributed by atoms with Crippen molar-refractivity contribution in [3.63, 3.8) is 0 Å². The van der Waals surface area contributed by atoms with Gasteiger partial charge >= 0.3 is 6.04 Å². The second kappa shape index (κ2) is 4.18. The van der Waals surface area contributed by atoms with Crippen molar-refractivity contribution in [2.24, 2.45) is 0 Å². The third-order valence-corrected chi connectivity index (χ3v) is 1.96. The maximum Gasteiger partial charge on any atom is 0.337 e. The smallest absolute Gasteiger partial charge is 0.337 e. The number of halogens is 1. The predicted octanol–water partition coefficient (Wildman–Crippen LogP) is 1.35. The van der Waals surface area contributed by atoms with E-state index in [-0.39, 0.29) is 11.4 Å². The molecule has 0 amide bonds. The zero-order chi connectivity index (χ0) is 9.84. The molecule has 0 unspecified atom stereocenters. The van der Waals surface area contributed by atoms with E-state index >= 15 is 0 Å². The Balaban J connectivity index is 3.15. The summed E-state index contributed by atoms with van der Waals surface area (Å²) in [5.41, 5.74) is -0.139. The van der Waals surface area contributed by atoms with E-state index in [0.29, 0.717) is 5.16 Å². The van der Waals surface area contributed by atoms with Gasteiger partial charge in [-0.05, 0) is 6.26 Å². The molecule has 0 atom stereocenters. The highest BCUT2D eigenvalue weighted by Crippen LogP contribution is 2.16. The Morgan fingerprint density at radius 1 is 1.69 bits per heavy atom. The maximum absolute atomic E-state index is 12.4. The highest BCUT2D eigenvalue weighted by molar-refractivity contribution is 7.98. The van der Waals surface area contributed by atoms with Crippen LogP contribution in [-0.4, -0.2) is 29.3 Å². The highest BCUT2D eigenvalue weighted by Gasteiger charge is 2.12. The first-order valence-corrected chi connectivity index (χ1v) is 4.70. The number of aromatic nitrogens is 2. The molecule has 0 saturated carbocycles. The van der Waals surface area contributed by atoms with Gasteiger partial charge in [-0.15, -0.1) is 0 Å². The number of anilines is 1. The number of hydrogen-bond acceptors (Lipinski definition) is 5. The van der Waals surface area contributed by atoms with E-state index in [9.17, 15) is 9.18 Å². The summed E-state index contributed by atoms with van der Waals surface area (Å²) in [6, 6.07) is -1.53. The minimum atomic E-state index is -1.53. The molecule has 1 aromatic rings. The number of rotatable bonds is 3. The zero-order valence-electron chi connectivity index (χ0n) is 7.17. The van der Waals surface area contributed by atoms with E-state index in [1.54, 1.807) is 13.3 Å². The van der Waals surface area contributed by atoms with Crippen LogP contribution in [0.15, 0.2) is 11.4 Å². The number of nitrogens with zero attached hydrogens (tertiary/aromatic N) is 2. The third kappa shape index (κ3) is 2.15. The van der Waals surface area contributed by atoms with Crippen molar-refractivity contribution in [1.82, 2.24) is 9.97 Å². The van der Waals surface area contributed by atoms with Crippen molar-refractivity contribution in [3.05, 3.63) is 11.8 Å². The molecule has 1 N–H and O–H groups in total. The summed E-state index contributed by atoms with van der Waals surface area (Å²) in [7, 11) is 1.57. The quantitative estimate of drug-likeness (QED) is 0.454. The first-order valence-electron chi connectivity index (χ1n) is 3.47. The van der Waals surface area contributed by atoms with Crippen LogP contribution in [-0.2, 0) is 0 Å². The number of thioether (sulfide) groups is 1. The summed E-state index contributed by atoms with van der Waals surface area (Å²) in [5, 5.41) is 3.12. The Morgan fingerprint density at radius 3 is 2.85 bits per heavy atom. The van der Waals surface area contributed by atoms with Crippen LogP contribution in [0.1, 0.15) is 10.4 Å². The van der Waals surface area contributed by atoms with Crippen LogP contribution >= 0.6 is 11.8 Å². The molecule has 0 radical (unpaired) electrons. The van der Waals surface area contributed by atoms with Gasteiger partial charge in [-0.1, -0.05) is 11.8 Å². The number of carbonyl (C=O) groups excluding carboxylic acids is 1. The average molecular weight is 201 g/mol. The van der Waals surface area contributed by atoms with Crippen LogP contribution in [0, 0.1) is 0 Å². The standard InChI is InChI=1S/C7H8FN3OS/c1-9-6-4(5(8)12)3-10-7(11-6)13-2/h3H,1-2H3,(H,9,10,11). The van der Waals surface area contributed by atoms with Gasteiger partial charge in [0.05, 0.1) is 0 Å². The monoisotopic (exact) mass is 201 g/mol. The summed E-state index contributed by atoms with van der Waals surface area (Å²) < 4.78 is 12.4. The van der Waals surface area contributed by atoms with Crippen LogP contribution in [0.3, 0.4) is 0 Å². The Hall–Kier alpha value is -1.17. The van der Waals surface area contributed by atoms with Gasteiger partial charge in [-0.25, -0.2) is 9.97 Å². The van der Waals surface area contributed by atoms with Crippen molar-refractivity contribution >= 4 is 23.6 Å². The Kier molecular flexibility index (Phi) is 3.18. The van der Waals surface area contributed by atoms with Crippen molar-refractivity contribution in [2.45, 2.75) is 5.16 Å². The van der Waals surface area contributed by atoms with Crippen LogP contribution in [0.2, 0.25) is 0 Å². The van der Waals surface area contributed by atoms with E-state index in [1.165, 1.54) is 18.0 Å². The van der Waals surface area contributed by atoms with Crippen LogP contribution in [0.25, 0.3) is 0 Å².